The SMILES string of the molecule is CCC([O-])NCc1cc(F)cc(-c2cccc3[nH]c(-c4n[nH]c5ncc(-c6cncc(NC(=O)c7ccccc7)c6)cc45)nc23)c1. The average molecular weight is 612 g/mol. The molecule has 0 fully saturated rings. The molecule has 10 nitrogen and oxygen atoms in total. The van der Waals surface area contributed by atoms with Crippen LogP contribution in [0.3, 0.4) is 0 Å². The van der Waals surface area contributed by atoms with E-state index in [0.717, 1.165) is 27.6 Å². The van der Waals surface area contributed by atoms with Gasteiger partial charge in [0.05, 0.1) is 28.3 Å². The van der Waals surface area contributed by atoms with Crippen molar-refractivity contribution in [1.29, 1.82) is 0 Å². The zero-order valence-corrected chi connectivity index (χ0v) is 24.7. The van der Waals surface area contributed by atoms with E-state index in [1.165, 1.54) is 12.1 Å². The molecule has 7 aromatic rings. The highest BCUT2D eigenvalue weighted by Crippen LogP contribution is 2.33. The third kappa shape index (κ3) is 5.84. The second-order valence-corrected chi connectivity index (χ2v) is 10.9. The molecule has 1 atom stereocenters. The molecule has 0 aliphatic rings. The monoisotopic (exact) mass is 611 g/mol. The third-order valence-electron chi connectivity index (χ3n) is 7.69. The highest BCUT2D eigenvalue weighted by molar-refractivity contribution is 6.04. The molecule has 0 spiro atoms. The van der Waals surface area contributed by atoms with Gasteiger partial charge in [-0.3, -0.25) is 14.9 Å². The van der Waals surface area contributed by atoms with Gasteiger partial charge in [0.25, 0.3) is 5.91 Å². The molecule has 3 aromatic carbocycles. The number of halogens is 1. The second kappa shape index (κ2) is 12.3. The Labute approximate surface area is 262 Å². The molecule has 4 aromatic heterocycles. The summed E-state index contributed by atoms with van der Waals surface area (Å²) in [6.07, 6.45) is 4.54. The van der Waals surface area contributed by atoms with Crippen molar-refractivity contribution in [3.05, 3.63) is 114 Å². The van der Waals surface area contributed by atoms with E-state index in [1.54, 1.807) is 37.6 Å². The number of nitrogens with one attached hydrogen (secondary N) is 4. The standard InChI is InChI=1S/C35H28FN8O2/c1-2-30(45)38-16-20-11-22(13-25(36)12-20)27-9-6-10-29-31(27)42-34(41-29)32-28-15-24(18-39-33(28)44-43-32)23-14-26(19-37-17-23)40-35(46)21-7-4-3-5-8-21/h3-15,17-19,30,38H,2,16H2,1H3,(H,40,46)(H,41,42)(H,39,43,44)/q-1. The number of fused-ring (bicyclic) bond motifs is 2. The van der Waals surface area contributed by atoms with E-state index in [2.05, 4.69) is 35.8 Å². The number of imidazole rings is 1. The van der Waals surface area contributed by atoms with Crippen LogP contribution in [-0.4, -0.2) is 42.3 Å². The van der Waals surface area contributed by atoms with Crippen LogP contribution in [0.2, 0.25) is 0 Å². The molecule has 0 aliphatic heterocycles. The number of aromatic amines is 2. The van der Waals surface area contributed by atoms with Gasteiger partial charge in [-0.15, -0.1) is 0 Å². The van der Waals surface area contributed by atoms with Gasteiger partial charge in [0.2, 0.25) is 0 Å². The summed E-state index contributed by atoms with van der Waals surface area (Å²) in [4.78, 5) is 29.8. The molecular weight excluding hydrogens is 583 g/mol. The van der Waals surface area contributed by atoms with Gasteiger partial charge in [-0.05, 0) is 59.7 Å². The molecule has 46 heavy (non-hydrogen) atoms. The van der Waals surface area contributed by atoms with Crippen LogP contribution in [0.25, 0.3) is 55.8 Å². The van der Waals surface area contributed by atoms with Crippen LogP contribution in [0.15, 0.2) is 97.5 Å². The van der Waals surface area contributed by atoms with Crippen molar-refractivity contribution in [2.75, 3.05) is 5.32 Å². The van der Waals surface area contributed by atoms with E-state index < -0.39 is 12.0 Å². The summed E-state index contributed by atoms with van der Waals surface area (Å²) >= 11 is 0. The molecule has 228 valence electrons. The van der Waals surface area contributed by atoms with Crippen LogP contribution in [-0.2, 0) is 6.54 Å². The molecule has 0 saturated heterocycles. The topological polar surface area (TPSA) is 147 Å². The summed E-state index contributed by atoms with van der Waals surface area (Å²) in [5, 5.41) is 25.9. The first kappa shape index (κ1) is 29.0. The van der Waals surface area contributed by atoms with Gasteiger partial charge < -0.3 is 20.7 Å². The number of hydrogen-bond acceptors (Lipinski definition) is 7. The van der Waals surface area contributed by atoms with E-state index in [1.807, 2.05) is 54.6 Å². The Morgan fingerprint density at radius 2 is 1.80 bits per heavy atom. The van der Waals surface area contributed by atoms with E-state index in [-0.39, 0.29) is 12.5 Å². The number of rotatable bonds is 9. The normalized spacial score (nSPS) is 12.1. The van der Waals surface area contributed by atoms with Crippen molar-refractivity contribution in [3.63, 3.8) is 0 Å². The average Bonchev–Trinajstić information content (AvgIpc) is 3.71. The largest absolute Gasteiger partial charge is 0.841 e. The van der Waals surface area contributed by atoms with Gasteiger partial charge in [-0.1, -0.05) is 49.9 Å². The zero-order chi connectivity index (χ0) is 31.6. The van der Waals surface area contributed by atoms with Crippen LogP contribution < -0.4 is 15.7 Å². The molecule has 0 radical (unpaired) electrons. The predicted octanol–water partition coefficient (Wildman–Crippen LogP) is 5.81. The van der Waals surface area contributed by atoms with Crippen molar-refractivity contribution in [2.45, 2.75) is 26.1 Å². The number of amides is 1. The summed E-state index contributed by atoms with van der Waals surface area (Å²) in [6.45, 7) is 2.07. The van der Waals surface area contributed by atoms with Crippen molar-refractivity contribution in [2.24, 2.45) is 0 Å². The summed E-state index contributed by atoms with van der Waals surface area (Å²) in [5.41, 5.74) is 7.27. The Hall–Kier alpha value is -5.78. The first-order valence-corrected chi connectivity index (χ1v) is 14.8. The number of nitrogens with zero attached hydrogens (tertiary/aromatic N) is 4. The number of carbonyl (C=O) groups excluding carboxylic acids is 1. The maximum Gasteiger partial charge on any atom is 0.255 e. The van der Waals surface area contributed by atoms with E-state index in [4.69, 9.17) is 4.98 Å². The molecule has 4 heterocycles. The number of anilines is 1. The smallest absolute Gasteiger partial charge is 0.255 e. The van der Waals surface area contributed by atoms with Gasteiger partial charge in [0.1, 0.15) is 11.5 Å². The molecule has 11 heteroatoms. The Bertz CT molecular complexity index is 2190. The number of para-hydroxylation sites is 1. The van der Waals surface area contributed by atoms with Crippen LogP contribution in [0.1, 0.15) is 29.3 Å². The van der Waals surface area contributed by atoms with Gasteiger partial charge >= 0.3 is 0 Å². The number of H-pyrrole nitrogens is 2. The molecular formula is C35H28FN8O2-. The lowest BCUT2D eigenvalue weighted by molar-refractivity contribution is -0.430. The summed E-state index contributed by atoms with van der Waals surface area (Å²) in [5.74, 6) is -0.102. The number of benzene rings is 3. The lowest BCUT2D eigenvalue weighted by Gasteiger charge is -2.22. The van der Waals surface area contributed by atoms with Crippen molar-refractivity contribution < 1.29 is 14.3 Å². The predicted molar refractivity (Wildman–Crippen MR) is 173 cm³/mol. The minimum Gasteiger partial charge on any atom is -0.841 e. The molecule has 0 aliphatic carbocycles. The van der Waals surface area contributed by atoms with E-state index in [0.29, 0.717) is 51.5 Å². The van der Waals surface area contributed by atoms with Gasteiger partial charge in [0, 0.05) is 41.2 Å². The number of carbonyl (C=O) groups is 1. The minimum absolute atomic E-state index is 0.228. The first-order chi connectivity index (χ1) is 22.4. The van der Waals surface area contributed by atoms with E-state index in [9.17, 15) is 14.3 Å². The second-order valence-electron chi connectivity index (χ2n) is 10.9. The lowest BCUT2D eigenvalue weighted by Crippen LogP contribution is -2.39. The maximum absolute atomic E-state index is 14.7. The fraction of sp³-hybridized carbons (Fsp3) is 0.114. The number of pyridine rings is 2. The highest BCUT2D eigenvalue weighted by Gasteiger charge is 2.17. The fourth-order valence-electron chi connectivity index (χ4n) is 5.36. The van der Waals surface area contributed by atoms with Gasteiger partial charge in [-0.2, -0.15) is 5.10 Å². The van der Waals surface area contributed by atoms with Crippen LogP contribution >= 0.6 is 0 Å². The Kier molecular flexibility index (Phi) is 7.75. The highest BCUT2D eigenvalue weighted by atomic mass is 19.1. The Balaban J connectivity index is 1.21. The van der Waals surface area contributed by atoms with Crippen LogP contribution in [0, 0.1) is 5.82 Å². The summed E-state index contributed by atoms with van der Waals surface area (Å²) in [6, 6.07) is 23.2. The zero-order valence-electron chi connectivity index (χ0n) is 24.7. The minimum atomic E-state index is -0.913. The van der Waals surface area contributed by atoms with Crippen molar-refractivity contribution in [1.82, 2.24) is 35.5 Å². The fourth-order valence-corrected chi connectivity index (χ4v) is 5.36. The van der Waals surface area contributed by atoms with E-state index >= 15 is 0 Å². The van der Waals surface area contributed by atoms with Crippen molar-refractivity contribution >= 4 is 33.7 Å². The third-order valence-corrected chi connectivity index (χ3v) is 7.69. The molecule has 1 unspecified atom stereocenters. The Morgan fingerprint density at radius 1 is 0.957 bits per heavy atom. The van der Waals surface area contributed by atoms with Crippen molar-refractivity contribution in [3.8, 4) is 33.8 Å². The lowest BCUT2D eigenvalue weighted by atomic mass is 10.0. The van der Waals surface area contributed by atoms with Gasteiger partial charge in [0.15, 0.2) is 11.5 Å². The number of hydrogen-bond donors (Lipinski definition) is 4. The Morgan fingerprint density at radius 3 is 2.65 bits per heavy atom. The molecule has 7 rings (SSSR count). The maximum atomic E-state index is 14.7. The molecule has 0 bridgehead atoms. The summed E-state index contributed by atoms with van der Waals surface area (Å²) in [7, 11) is 0. The molecule has 4 N–H and O–H groups in total. The van der Waals surface area contributed by atoms with Gasteiger partial charge in [-0.25, -0.2) is 14.4 Å². The molecule has 0 saturated carbocycles. The number of aromatic nitrogens is 6. The van der Waals surface area contributed by atoms with Crippen LogP contribution in [0.5, 0.6) is 0 Å². The quantitative estimate of drug-likeness (QED) is 0.151. The first-order valence-electron chi connectivity index (χ1n) is 14.8. The summed E-state index contributed by atoms with van der Waals surface area (Å²) < 4.78 is 14.7. The molecule has 1 amide bonds. The van der Waals surface area contributed by atoms with Crippen LogP contribution in [0.4, 0.5) is 10.1 Å².